The largest absolute Gasteiger partial charge is 0.465 e. The first-order chi connectivity index (χ1) is 14.4. The zero-order valence-electron chi connectivity index (χ0n) is 15.7. The molecule has 8 nitrogen and oxygen atoms in total. The van der Waals surface area contributed by atoms with Gasteiger partial charge in [-0.25, -0.2) is 13.2 Å². The van der Waals surface area contributed by atoms with Gasteiger partial charge in [0.05, 0.1) is 21.2 Å². The highest BCUT2D eigenvalue weighted by molar-refractivity contribution is 7.92. The fourth-order valence-electron chi connectivity index (χ4n) is 2.46. The molecule has 0 bridgehead atoms. The molecule has 2 aromatic carbocycles. The van der Waals surface area contributed by atoms with Crippen molar-refractivity contribution >= 4 is 39.3 Å². The second kappa shape index (κ2) is 9.88. The van der Waals surface area contributed by atoms with Gasteiger partial charge in [0.15, 0.2) is 0 Å². The minimum atomic E-state index is -4.77. The van der Waals surface area contributed by atoms with E-state index in [9.17, 15) is 31.2 Å². The molecule has 2 rings (SSSR count). The van der Waals surface area contributed by atoms with Crippen molar-refractivity contribution in [2.24, 2.45) is 0 Å². The fourth-order valence-corrected chi connectivity index (χ4v) is 4.18. The van der Waals surface area contributed by atoms with E-state index in [2.05, 4.69) is 5.32 Å². The Morgan fingerprint density at radius 2 is 1.65 bits per heavy atom. The van der Waals surface area contributed by atoms with Gasteiger partial charge >= 0.3 is 12.3 Å². The maximum absolute atomic E-state index is 13.2. The Labute approximate surface area is 180 Å². The summed E-state index contributed by atoms with van der Waals surface area (Å²) in [5, 5.41) is 12.5. The normalized spacial score (nSPS) is 11.6. The molecule has 2 aromatic rings. The number of amides is 2. The third-order valence-electron chi connectivity index (χ3n) is 3.88. The number of hydrogen-bond donors (Lipinski definition) is 3. The maximum atomic E-state index is 13.2. The second-order valence-corrected chi connectivity index (χ2v) is 8.34. The number of benzene rings is 2. The highest BCUT2D eigenvalue weighted by atomic mass is 35.5. The van der Waals surface area contributed by atoms with E-state index in [0.29, 0.717) is 16.4 Å². The standard InChI is InChI=1S/C18H17ClF3N3O5S/c19-14-7-6-12(18(20,21)22)10-15(14)25(11-16(26)23-8-9-24-17(27)28)31(29,30)13-4-2-1-3-5-13/h1-7,10,24H,8-9,11H2,(H,23,26)(H,27,28). The number of carbonyl (C=O) groups is 2. The molecule has 0 fully saturated rings. The fraction of sp³-hybridized carbons (Fsp3) is 0.222. The van der Waals surface area contributed by atoms with Gasteiger partial charge in [0.25, 0.3) is 10.0 Å². The minimum absolute atomic E-state index is 0.156. The molecule has 0 aliphatic heterocycles. The van der Waals surface area contributed by atoms with Crippen LogP contribution in [-0.4, -0.2) is 45.2 Å². The van der Waals surface area contributed by atoms with E-state index in [1.165, 1.54) is 24.3 Å². The Balaban J connectivity index is 2.42. The van der Waals surface area contributed by atoms with E-state index in [1.54, 1.807) is 6.07 Å². The number of alkyl halides is 3. The minimum Gasteiger partial charge on any atom is -0.465 e. The highest BCUT2D eigenvalue weighted by Crippen LogP contribution is 2.37. The maximum Gasteiger partial charge on any atom is 0.416 e. The van der Waals surface area contributed by atoms with Gasteiger partial charge < -0.3 is 15.7 Å². The van der Waals surface area contributed by atoms with Gasteiger partial charge in [-0.1, -0.05) is 29.8 Å². The average Bonchev–Trinajstić information content (AvgIpc) is 2.69. The molecule has 13 heteroatoms. The van der Waals surface area contributed by atoms with E-state index < -0.39 is 46.0 Å². The molecular formula is C18H17ClF3N3O5S. The number of hydrogen-bond acceptors (Lipinski definition) is 4. The summed E-state index contributed by atoms with van der Waals surface area (Å²) < 4.78 is 66.2. The van der Waals surface area contributed by atoms with Gasteiger partial charge in [0.2, 0.25) is 5.91 Å². The SMILES string of the molecule is O=C(O)NCCNC(=O)CN(c1cc(C(F)(F)F)ccc1Cl)S(=O)(=O)c1ccccc1. The summed E-state index contributed by atoms with van der Waals surface area (Å²) in [5.41, 5.74) is -1.68. The van der Waals surface area contributed by atoms with Crippen LogP contribution >= 0.6 is 11.6 Å². The first kappa shape index (κ1) is 24.3. The Morgan fingerprint density at radius 1 is 1.03 bits per heavy atom. The Morgan fingerprint density at radius 3 is 2.23 bits per heavy atom. The molecule has 0 aliphatic rings. The molecule has 0 unspecified atom stereocenters. The Bertz CT molecular complexity index is 1050. The van der Waals surface area contributed by atoms with Gasteiger partial charge in [0.1, 0.15) is 6.54 Å². The van der Waals surface area contributed by atoms with E-state index in [0.717, 1.165) is 6.07 Å². The number of carbonyl (C=O) groups excluding carboxylic acids is 1. The summed E-state index contributed by atoms with van der Waals surface area (Å²) in [4.78, 5) is 22.5. The Hall–Kier alpha value is -2.99. The van der Waals surface area contributed by atoms with Crippen molar-refractivity contribution in [1.82, 2.24) is 10.6 Å². The van der Waals surface area contributed by atoms with Crippen molar-refractivity contribution in [1.29, 1.82) is 0 Å². The zero-order chi connectivity index (χ0) is 23.2. The molecule has 0 aliphatic carbocycles. The lowest BCUT2D eigenvalue weighted by Crippen LogP contribution is -2.43. The Kier molecular flexibility index (Phi) is 7.74. The summed E-state index contributed by atoms with van der Waals surface area (Å²) in [7, 11) is -4.47. The predicted octanol–water partition coefficient (Wildman–Crippen LogP) is 2.94. The third-order valence-corrected chi connectivity index (χ3v) is 5.98. The van der Waals surface area contributed by atoms with Crippen LogP contribution in [0.2, 0.25) is 5.02 Å². The number of nitrogens with one attached hydrogen (secondary N) is 2. The molecule has 0 aromatic heterocycles. The van der Waals surface area contributed by atoms with Gasteiger partial charge in [-0.05, 0) is 30.3 Å². The van der Waals surface area contributed by atoms with Crippen LogP contribution in [0.1, 0.15) is 5.56 Å². The first-order valence-corrected chi connectivity index (χ1v) is 10.4. The topological polar surface area (TPSA) is 116 Å². The quantitative estimate of drug-likeness (QED) is 0.503. The molecule has 0 saturated heterocycles. The predicted molar refractivity (Wildman–Crippen MR) is 106 cm³/mol. The van der Waals surface area contributed by atoms with Crippen molar-refractivity contribution in [2.75, 3.05) is 23.9 Å². The van der Waals surface area contributed by atoms with Gasteiger partial charge in [-0.2, -0.15) is 13.2 Å². The van der Waals surface area contributed by atoms with Crippen LogP contribution in [0.4, 0.5) is 23.7 Å². The van der Waals surface area contributed by atoms with E-state index in [4.69, 9.17) is 16.7 Å². The van der Waals surface area contributed by atoms with Crippen LogP contribution in [0.5, 0.6) is 0 Å². The van der Waals surface area contributed by atoms with Crippen LogP contribution in [-0.2, 0) is 21.0 Å². The lowest BCUT2D eigenvalue weighted by atomic mass is 10.2. The van der Waals surface area contributed by atoms with Crippen molar-refractivity contribution in [3.8, 4) is 0 Å². The molecule has 2 amide bonds. The highest BCUT2D eigenvalue weighted by Gasteiger charge is 2.34. The third kappa shape index (κ3) is 6.49. The molecule has 0 heterocycles. The average molecular weight is 480 g/mol. The number of sulfonamides is 1. The molecule has 0 saturated carbocycles. The van der Waals surface area contributed by atoms with Crippen LogP contribution in [0.3, 0.4) is 0 Å². The van der Waals surface area contributed by atoms with Crippen LogP contribution in [0.25, 0.3) is 0 Å². The van der Waals surface area contributed by atoms with Gasteiger partial charge in [-0.3, -0.25) is 9.10 Å². The number of anilines is 1. The van der Waals surface area contributed by atoms with Crippen LogP contribution in [0, 0.1) is 0 Å². The lowest BCUT2D eigenvalue weighted by molar-refractivity contribution is -0.137. The summed E-state index contributed by atoms with van der Waals surface area (Å²) in [6.07, 6.45) is -6.09. The summed E-state index contributed by atoms with van der Waals surface area (Å²) in [6, 6.07) is 8.94. The molecular weight excluding hydrogens is 463 g/mol. The van der Waals surface area contributed by atoms with Crippen LogP contribution < -0.4 is 14.9 Å². The van der Waals surface area contributed by atoms with E-state index in [-0.39, 0.29) is 23.0 Å². The molecule has 31 heavy (non-hydrogen) atoms. The first-order valence-electron chi connectivity index (χ1n) is 8.61. The zero-order valence-corrected chi connectivity index (χ0v) is 17.3. The van der Waals surface area contributed by atoms with Crippen molar-refractivity contribution < 1.29 is 36.3 Å². The number of nitrogens with zero attached hydrogens (tertiary/aromatic N) is 1. The van der Waals surface area contributed by atoms with E-state index >= 15 is 0 Å². The number of halogens is 4. The monoisotopic (exact) mass is 479 g/mol. The smallest absolute Gasteiger partial charge is 0.416 e. The van der Waals surface area contributed by atoms with E-state index in [1.807, 2.05) is 5.32 Å². The van der Waals surface area contributed by atoms with Crippen molar-refractivity contribution in [2.45, 2.75) is 11.1 Å². The summed E-state index contributed by atoms with van der Waals surface area (Å²) in [6.45, 7) is -1.21. The van der Waals surface area contributed by atoms with Gasteiger partial charge in [-0.15, -0.1) is 0 Å². The van der Waals surface area contributed by atoms with Crippen molar-refractivity contribution in [3.05, 3.63) is 59.1 Å². The molecule has 0 spiro atoms. The summed E-state index contributed by atoms with van der Waals surface area (Å²) in [5.74, 6) is -0.875. The van der Waals surface area contributed by atoms with Crippen LogP contribution in [0.15, 0.2) is 53.4 Å². The number of rotatable bonds is 8. The lowest BCUT2D eigenvalue weighted by Gasteiger charge is -2.25. The second-order valence-electron chi connectivity index (χ2n) is 6.07. The van der Waals surface area contributed by atoms with Crippen molar-refractivity contribution in [3.63, 3.8) is 0 Å². The summed E-state index contributed by atoms with van der Waals surface area (Å²) >= 11 is 6.00. The molecule has 168 valence electrons. The van der Waals surface area contributed by atoms with Gasteiger partial charge in [0, 0.05) is 13.1 Å². The number of carboxylic acid groups (broad SMARTS) is 1. The molecule has 0 atom stereocenters. The molecule has 3 N–H and O–H groups in total. The molecule has 0 radical (unpaired) electrons.